The third kappa shape index (κ3) is 1.55. The van der Waals surface area contributed by atoms with Gasteiger partial charge in [0.1, 0.15) is 10.3 Å². The minimum absolute atomic E-state index is 0.373. The van der Waals surface area contributed by atoms with Gasteiger partial charge < -0.3 is 4.74 Å². The van der Waals surface area contributed by atoms with Crippen molar-refractivity contribution in [2.24, 2.45) is 11.8 Å². The molecule has 0 aromatic carbocycles. The molecule has 4 nitrogen and oxygen atoms in total. The van der Waals surface area contributed by atoms with Crippen molar-refractivity contribution in [3.8, 4) is 0 Å². The van der Waals surface area contributed by atoms with Gasteiger partial charge in [0.05, 0.1) is 6.26 Å². The van der Waals surface area contributed by atoms with Gasteiger partial charge in [0, 0.05) is 6.42 Å². The van der Waals surface area contributed by atoms with Crippen LogP contribution in [-0.4, -0.2) is 23.3 Å². The Kier molecular flexibility index (Phi) is 2.21. The standard InChI is InChI=1S/C12H18O4S/c1-2-16-11-4-9-3-10(5-11)7-12(6-9,8-11)17(13,14)15/h2,9-10H,1,3-8H2,(H,13,14,15). The molecular weight excluding hydrogens is 240 g/mol. The van der Waals surface area contributed by atoms with E-state index in [1.165, 1.54) is 6.26 Å². The van der Waals surface area contributed by atoms with E-state index in [0.717, 1.165) is 19.3 Å². The molecule has 2 atom stereocenters. The minimum Gasteiger partial charge on any atom is -0.495 e. The van der Waals surface area contributed by atoms with Gasteiger partial charge in [-0.05, 0) is 43.9 Å². The molecule has 0 saturated heterocycles. The van der Waals surface area contributed by atoms with Gasteiger partial charge in [-0.1, -0.05) is 6.58 Å². The SMILES string of the molecule is C=COC12CC3CC(C1)CC(S(=O)(=O)O)(C3)C2. The molecule has 0 aliphatic heterocycles. The van der Waals surface area contributed by atoms with Crippen LogP contribution in [0.25, 0.3) is 0 Å². The molecule has 4 aliphatic rings. The molecule has 4 aliphatic carbocycles. The molecule has 0 heterocycles. The van der Waals surface area contributed by atoms with Crippen LogP contribution in [0.3, 0.4) is 0 Å². The zero-order chi connectivity index (χ0) is 12.3. The Morgan fingerprint density at radius 1 is 1.24 bits per heavy atom. The number of ether oxygens (including phenoxy) is 1. The molecule has 1 N–H and O–H groups in total. The molecule has 5 heteroatoms. The van der Waals surface area contributed by atoms with Crippen LogP contribution in [0.5, 0.6) is 0 Å². The summed E-state index contributed by atoms with van der Waals surface area (Å²) >= 11 is 0. The summed E-state index contributed by atoms with van der Waals surface area (Å²) in [5.41, 5.74) is -0.387. The second kappa shape index (κ2) is 3.26. The summed E-state index contributed by atoms with van der Waals surface area (Å²) in [6.45, 7) is 3.59. The summed E-state index contributed by atoms with van der Waals surface area (Å²) < 4.78 is 37.7. The van der Waals surface area contributed by atoms with E-state index in [4.69, 9.17) is 4.74 Å². The Balaban J connectivity index is 2.03. The first kappa shape index (κ1) is 11.5. The Bertz CT molecular complexity index is 439. The van der Waals surface area contributed by atoms with E-state index in [0.29, 0.717) is 31.1 Å². The summed E-state index contributed by atoms with van der Waals surface area (Å²) in [6, 6.07) is 0. The highest BCUT2D eigenvalue weighted by Gasteiger charge is 2.63. The highest BCUT2D eigenvalue weighted by Crippen LogP contribution is 2.61. The van der Waals surface area contributed by atoms with Gasteiger partial charge >= 0.3 is 0 Å². The van der Waals surface area contributed by atoms with Gasteiger partial charge in [0.25, 0.3) is 10.1 Å². The van der Waals surface area contributed by atoms with Crippen LogP contribution >= 0.6 is 0 Å². The van der Waals surface area contributed by atoms with Crippen molar-refractivity contribution in [3.05, 3.63) is 12.8 Å². The quantitative estimate of drug-likeness (QED) is 0.622. The van der Waals surface area contributed by atoms with Crippen molar-refractivity contribution in [2.75, 3.05) is 0 Å². The molecule has 0 spiro atoms. The van der Waals surface area contributed by atoms with Crippen molar-refractivity contribution in [2.45, 2.75) is 48.9 Å². The normalized spacial score (nSPS) is 48.1. The number of rotatable bonds is 3. The number of hydrogen-bond acceptors (Lipinski definition) is 3. The minimum atomic E-state index is -3.99. The fraction of sp³-hybridized carbons (Fsp3) is 0.833. The third-order valence-electron chi connectivity index (χ3n) is 4.83. The maximum Gasteiger partial charge on any atom is 0.270 e. The van der Waals surface area contributed by atoms with Gasteiger partial charge in [0.2, 0.25) is 0 Å². The van der Waals surface area contributed by atoms with Crippen molar-refractivity contribution in [1.29, 1.82) is 0 Å². The molecule has 2 unspecified atom stereocenters. The fourth-order valence-electron chi connectivity index (χ4n) is 4.71. The Morgan fingerprint density at radius 2 is 1.82 bits per heavy atom. The molecule has 0 aromatic heterocycles. The average molecular weight is 258 g/mol. The van der Waals surface area contributed by atoms with Gasteiger partial charge in [-0.3, -0.25) is 4.55 Å². The average Bonchev–Trinajstić information content (AvgIpc) is 2.12. The Hall–Kier alpha value is -0.550. The van der Waals surface area contributed by atoms with E-state index in [2.05, 4.69) is 6.58 Å². The van der Waals surface area contributed by atoms with Crippen LogP contribution in [0.15, 0.2) is 12.8 Å². The molecule has 4 saturated carbocycles. The van der Waals surface area contributed by atoms with Gasteiger partial charge in [-0.15, -0.1) is 0 Å². The van der Waals surface area contributed by atoms with Crippen molar-refractivity contribution >= 4 is 10.1 Å². The molecule has 0 amide bonds. The molecular formula is C12H18O4S. The van der Waals surface area contributed by atoms with Crippen LogP contribution in [-0.2, 0) is 14.9 Å². The first-order valence-corrected chi connectivity index (χ1v) is 7.58. The molecule has 0 aromatic rings. The van der Waals surface area contributed by atoms with Crippen molar-refractivity contribution in [3.63, 3.8) is 0 Å². The van der Waals surface area contributed by atoms with E-state index in [9.17, 15) is 13.0 Å². The summed E-state index contributed by atoms with van der Waals surface area (Å²) in [7, 11) is -3.99. The largest absolute Gasteiger partial charge is 0.495 e. The van der Waals surface area contributed by atoms with Crippen LogP contribution in [0.1, 0.15) is 38.5 Å². The first-order valence-electron chi connectivity index (χ1n) is 6.14. The summed E-state index contributed by atoms with van der Waals surface area (Å²) in [4.78, 5) is 0. The van der Waals surface area contributed by atoms with E-state index in [1.807, 2.05) is 0 Å². The van der Waals surface area contributed by atoms with E-state index in [-0.39, 0.29) is 5.60 Å². The molecule has 0 radical (unpaired) electrons. The maximum absolute atomic E-state index is 11.7. The van der Waals surface area contributed by atoms with Crippen molar-refractivity contribution in [1.82, 2.24) is 0 Å². The van der Waals surface area contributed by atoms with Gasteiger partial charge in [-0.2, -0.15) is 8.42 Å². The maximum atomic E-state index is 11.7. The third-order valence-corrected chi connectivity index (χ3v) is 6.41. The second-order valence-electron chi connectivity index (χ2n) is 6.09. The van der Waals surface area contributed by atoms with Crippen LogP contribution in [0.4, 0.5) is 0 Å². The molecule has 96 valence electrons. The highest BCUT2D eigenvalue weighted by molar-refractivity contribution is 7.87. The molecule has 17 heavy (non-hydrogen) atoms. The van der Waals surface area contributed by atoms with Crippen LogP contribution < -0.4 is 0 Å². The lowest BCUT2D eigenvalue weighted by molar-refractivity contribution is -0.123. The summed E-state index contributed by atoms with van der Waals surface area (Å²) in [5.74, 6) is 0.747. The second-order valence-corrected chi connectivity index (χ2v) is 7.90. The Morgan fingerprint density at radius 3 is 2.29 bits per heavy atom. The fourth-order valence-corrected chi connectivity index (χ4v) is 6.05. The molecule has 4 fully saturated rings. The molecule has 4 rings (SSSR count). The van der Waals surface area contributed by atoms with Crippen LogP contribution in [0.2, 0.25) is 0 Å². The summed E-state index contributed by atoms with van der Waals surface area (Å²) in [6.07, 6.45) is 5.96. The zero-order valence-electron chi connectivity index (χ0n) is 9.76. The Labute approximate surface area is 102 Å². The number of hydrogen-bond donors (Lipinski definition) is 1. The van der Waals surface area contributed by atoms with E-state index >= 15 is 0 Å². The smallest absolute Gasteiger partial charge is 0.270 e. The van der Waals surface area contributed by atoms with Crippen LogP contribution in [0, 0.1) is 11.8 Å². The highest BCUT2D eigenvalue weighted by atomic mass is 32.2. The predicted molar refractivity (Wildman–Crippen MR) is 63.0 cm³/mol. The monoisotopic (exact) mass is 258 g/mol. The zero-order valence-corrected chi connectivity index (χ0v) is 10.6. The lowest BCUT2D eigenvalue weighted by Gasteiger charge is -2.59. The van der Waals surface area contributed by atoms with E-state index < -0.39 is 14.9 Å². The van der Waals surface area contributed by atoms with Gasteiger partial charge in [0.15, 0.2) is 0 Å². The van der Waals surface area contributed by atoms with Crippen molar-refractivity contribution < 1.29 is 17.7 Å². The predicted octanol–water partition coefficient (Wildman–Crippen LogP) is 2.13. The summed E-state index contributed by atoms with van der Waals surface area (Å²) in [5, 5.41) is 0. The molecule has 4 bridgehead atoms. The lowest BCUT2D eigenvalue weighted by Crippen LogP contribution is -2.62. The first-order chi connectivity index (χ1) is 7.88. The van der Waals surface area contributed by atoms with Gasteiger partial charge in [-0.25, -0.2) is 0 Å². The topological polar surface area (TPSA) is 63.6 Å². The lowest BCUT2D eigenvalue weighted by atomic mass is 9.54. The van der Waals surface area contributed by atoms with E-state index in [1.54, 1.807) is 0 Å².